The molecule has 152 valence electrons. The standard InChI is InChI=1S/C21H25N5O3/c1-3-28-21(27)17-14(2)29-20-18(17)19(22)23-16(24-20)13-25-9-11-26(12-10-25)15-7-5-4-6-8-15/h4-8H,3,9-13H2,1-2H3,(H2,22,23,24). The van der Waals surface area contributed by atoms with Crippen LogP contribution in [-0.2, 0) is 11.3 Å². The Kier molecular flexibility index (Phi) is 5.35. The van der Waals surface area contributed by atoms with Crippen molar-refractivity contribution >= 4 is 28.6 Å². The van der Waals surface area contributed by atoms with E-state index in [1.54, 1.807) is 13.8 Å². The van der Waals surface area contributed by atoms with Crippen LogP contribution in [0.3, 0.4) is 0 Å². The monoisotopic (exact) mass is 395 g/mol. The first-order valence-electron chi connectivity index (χ1n) is 9.81. The van der Waals surface area contributed by atoms with Crippen LogP contribution in [0.15, 0.2) is 34.7 Å². The normalized spacial score (nSPS) is 15.0. The summed E-state index contributed by atoms with van der Waals surface area (Å²) in [5, 5.41) is 0.429. The molecular formula is C21H25N5O3. The lowest BCUT2D eigenvalue weighted by atomic mass is 10.2. The maximum Gasteiger partial charge on any atom is 0.342 e. The van der Waals surface area contributed by atoms with Crippen molar-refractivity contribution < 1.29 is 13.9 Å². The zero-order valence-corrected chi connectivity index (χ0v) is 16.7. The van der Waals surface area contributed by atoms with Gasteiger partial charge in [0.25, 0.3) is 0 Å². The number of hydrogen-bond acceptors (Lipinski definition) is 8. The van der Waals surface area contributed by atoms with E-state index in [0.29, 0.717) is 34.8 Å². The second kappa shape index (κ2) is 8.08. The molecular weight excluding hydrogens is 370 g/mol. The Morgan fingerprint density at radius 3 is 2.59 bits per heavy atom. The van der Waals surface area contributed by atoms with Crippen molar-refractivity contribution in [3.8, 4) is 0 Å². The van der Waals surface area contributed by atoms with Crippen LogP contribution in [0.5, 0.6) is 0 Å². The van der Waals surface area contributed by atoms with Gasteiger partial charge in [-0.15, -0.1) is 0 Å². The summed E-state index contributed by atoms with van der Waals surface area (Å²) in [5.41, 5.74) is 8.04. The van der Waals surface area contributed by atoms with Gasteiger partial charge in [-0.1, -0.05) is 18.2 Å². The average molecular weight is 395 g/mol. The van der Waals surface area contributed by atoms with Gasteiger partial charge >= 0.3 is 5.97 Å². The highest BCUT2D eigenvalue weighted by molar-refractivity contribution is 6.07. The van der Waals surface area contributed by atoms with Gasteiger partial charge < -0.3 is 19.8 Å². The lowest BCUT2D eigenvalue weighted by Crippen LogP contribution is -2.46. The number of nitrogens with two attached hydrogens (primary N) is 1. The van der Waals surface area contributed by atoms with Gasteiger partial charge in [0.05, 0.1) is 18.5 Å². The number of nitrogen functional groups attached to an aromatic ring is 1. The quantitative estimate of drug-likeness (QED) is 0.659. The maximum absolute atomic E-state index is 12.2. The van der Waals surface area contributed by atoms with Gasteiger partial charge in [-0.3, -0.25) is 4.90 Å². The highest BCUT2D eigenvalue weighted by Gasteiger charge is 2.25. The topological polar surface area (TPSA) is 97.7 Å². The van der Waals surface area contributed by atoms with Gasteiger partial charge in [0.2, 0.25) is 5.71 Å². The molecule has 2 aromatic heterocycles. The van der Waals surface area contributed by atoms with Crippen molar-refractivity contribution in [2.75, 3.05) is 43.4 Å². The number of furan rings is 1. The van der Waals surface area contributed by atoms with Crippen LogP contribution >= 0.6 is 0 Å². The molecule has 3 heterocycles. The van der Waals surface area contributed by atoms with Gasteiger partial charge in [0.15, 0.2) is 0 Å². The van der Waals surface area contributed by atoms with Crippen LogP contribution in [0, 0.1) is 6.92 Å². The number of piperazine rings is 1. The number of aromatic nitrogens is 2. The number of carbonyl (C=O) groups excluding carboxylic acids is 1. The van der Waals surface area contributed by atoms with Crippen molar-refractivity contribution in [1.29, 1.82) is 0 Å². The van der Waals surface area contributed by atoms with Crippen LogP contribution in [0.2, 0.25) is 0 Å². The molecule has 1 aliphatic heterocycles. The Hall–Kier alpha value is -3.13. The molecule has 8 heteroatoms. The van der Waals surface area contributed by atoms with Crippen LogP contribution in [-0.4, -0.2) is 53.6 Å². The van der Waals surface area contributed by atoms with E-state index < -0.39 is 5.97 Å². The molecule has 1 aromatic carbocycles. The molecule has 3 aromatic rings. The van der Waals surface area contributed by atoms with E-state index in [1.807, 2.05) is 6.07 Å². The minimum absolute atomic E-state index is 0.243. The summed E-state index contributed by atoms with van der Waals surface area (Å²) in [6, 6.07) is 10.4. The summed E-state index contributed by atoms with van der Waals surface area (Å²) in [7, 11) is 0. The summed E-state index contributed by atoms with van der Waals surface area (Å²) >= 11 is 0. The number of rotatable bonds is 5. The van der Waals surface area contributed by atoms with Crippen LogP contribution in [0.1, 0.15) is 28.9 Å². The lowest BCUT2D eigenvalue weighted by molar-refractivity contribution is 0.0526. The van der Waals surface area contributed by atoms with E-state index in [9.17, 15) is 4.79 Å². The third-order valence-corrected chi connectivity index (χ3v) is 5.14. The fraction of sp³-hybridized carbons (Fsp3) is 0.381. The molecule has 1 fully saturated rings. The van der Waals surface area contributed by atoms with Gasteiger partial charge in [-0.25, -0.2) is 9.78 Å². The molecule has 1 aliphatic rings. The van der Waals surface area contributed by atoms with Gasteiger partial charge in [0, 0.05) is 31.9 Å². The average Bonchev–Trinajstić information content (AvgIpc) is 3.06. The smallest absolute Gasteiger partial charge is 0.342 e. The van der Waals surface area contributed by atoms with Gasteiger partial charge in [-0.2, -0.15) is 4.98 Å². The Bertz CT molecular complexity index is 1010. The highest BCUT2D eigenvalue weighted by atomic mass is 16.5. The molecule has 29 heavy (non-hydrogen) atoms. The number of anilines is 2. The highest BCUT2D eigenvalue weighted by Crippen LogP contribution is 2.29. The lowest BCUT2D eigenvalue weighted by Gasteiger charge is -2.35. The summed E-state index contributed by atoms with van der Waals surface area (Å²) in [5.74, 6) is 0.803. The molecule has 0 unspecified atom stereocenters. The molecule has 8 nitrogen and oxygen atoms in total. The summed E-state index contributed by atoms with van der Waals surface area (Å²) in [6.45, 7) is 8.00. The largest absolute Gasteiger partial charge is 0.462 e. The molecule has 0 atom stereocenters. The van der Waals surface area contributed by atoms with E-state index in [2.05, 4.69) is 44.0 Å². The van der Waals surface area contributed by atoms with Gasteiger partial charge in [-0.05, 0) is 26.0 Å². The molecule has 0 aliphatic carbocycles. The number of hydrogen-bond donors (Lipinski definition) is 1. The van der Waals surface area contributed by atoms with E-state index in [4.69, 9.17) is 14.9 Å². The molecule has 1 saturated heterocycles. The molecule has 0 saturated carbocycles. The van der Waals surface area contributed by atoms with Gasteiger partial charge in [0.1, 0.15) is 23.0 Å². The summed E-state index contributed by atoms with van der Waals surface area (Å²) in [6.07, 6.45) is 0. The second-order valence-electron chi connectivity index (χ2n) is 7.06. The van der Waals surface area contributed by atoms with Crippen LogP contribution < -0.4 is 10.6 Å². The van der Waals surface area contributed by atoms with Crippen molar-refractivity contribution in [3.05, 3.63) is 47.5 Å². The van der Waals surface area contributed by atoms with Crippen LogP contribution in [0.4, 0.5) is 11.5 Å². The molecule has 0 spiro atoms. The predicted octanol–water partition coefficient (Wildman–Crippen LogP) is 2.61. The summed E-state index contributed by atoms with van der Waals surface area (Å²) in [4.78, 5) is 25.8. The minimum atomic E-state index is -0.469. The number of benzene rings is 1. The Balaban J connectivity index is 1.49. The molecule has 0 amide bonds. The fourth-order valence-corrected chi connectivity index (χ4v) is 3.71. The van der Waals surface area contributed by atoms with Crippen molar-refractivity contribution in [3.63, 3.8) is 0 Å². The molecule has 0 bridgehead atoms. The number of nitrogens with zero attached hydrogens (tertiary/aromatic N) is 4. The van der Waals surface area contributed by atoms with Crippen molar-refractivity contribution in [2.45, 2.75) is 20.4 Å². The van der Waals surface area contributed by atoms with E-state index in [0.717, 1.165) is 26.2 Å². The zero-order chi connectivity index (χ0) is 20.4. The fourth-order valence-electron chi connectivity index (χ4n) is 3.71. The number of aryl methyl sites for hydroxylation is 1. The maximum atomic E-state index is 12.2. The number of ether oxygens (including phenoxy) is 1. The van der Waals surface area contributed by atoms with Crippen molar-refractivity contribution in [2.24, 2.45) is 0 Å². The molecule has 4 rings (SSSR count). The summed E-state index contributed by atoms with van der Waals surface area (Å²) < 4.78 is 10.8. The van der Waals surface area contributed by atoms with E-state index in [1.165, 1.54) is 5.69 Å². The Labute approximate surface area is 169 Å². The van der Waals surface area contributed by atoms with Crippen molar-refractivity contribution in [1.82, 2.24) is 14.9 Å². The zero-order valence-electron chi connectivity index (χ0n) is 16.7. The first-order chi connectivity index (χ1) is 14.1. The Morgan fingerprint density at radius 1 is 1.17 bits per heavy atom. The number of fused-ring (bicyclic) bond motifs is 1. The second-order valence-corrected chi connectivity index (χ2v) is 7.06. The predicted molar refractivity (Wildman–Crippen MR) is 111 cm³/mol. The first-order valence-corrected chi connectivity index (χ1v) is 9.81. The third kappa shape index (κ3) is 3.88. The molecule has 2 N–H and O–H groups in total. The van der Waals surface area contributed by atoms with E-state index >= 15 is 0 Å². The van der Waals surface area contributed by atoms with E-state index in [-0.39, 0.29) is 12.4 Å². The Morgan fingerprint density at radius 2 is 1.90 bits per heavy atom. The number of esters is 1. The molecule has 0 radical (unpaired) electrons. The van der Waals surface area contributed by atoms with Crippen LogP contribution in [0.25, 0.3) is 11.1 Å². The third-order valence-electron chi connectivity index (χ3n) is 5.14. The number of para-hydroxylation sites is 1. The first kappa shape index (κ1) is 19.2. The SMILES string of the molecule is CCOC(=O)c1c(C)oc2nc(CN3CCN(c4ccccc4)CC3)nc(N)c12. The minimum Gasteiger partial charge on any atom is -0.462 e. The number of carbonyl (C=O) groups is 1.